The average Bonchev–Trinajstić information content (AvgIpc) is 2.07. The lowest BCUT2D eigenvalue weighted by atomic mass is 9.80. The Kier molecular flexibility index (Phi) is 1.91. The molecule has 0 aromatic heterocycles. The van der Waals surface area contributed by atoms with Crippen LogP contribution in [-0.2, 0) is 4.79 Å². The van der Waals surface area contributed by atoms with Gasteiger partial charge in [-0.25, -0.2) is 0 Å². The zero-order chi connectivity index (χ0) is 8.55. The second-order valence-electron chi connectivity index (χ2n) is 3.93. The van der Waals surface area contributed by atoms with E-state index in [0.29, 0.717) is 18.1 Å². The van der Waals surface area contributed by atoms with E-state index in [1.54, 1.807) is 0 Å². The predicted octanol–water partition coefficient (Wildman–Crippen LogP) is 1.48. The van der Waals surface area contributed by atoms with Crippen LogP contribution in [0.4, 0.5) is 0 Å². The molecule has 1 N–H and O–H groups in total. The molecule has 2 rings (SSSR count). The van der Waals surface area contributed by atoms with Crippen LogP contribution in [0.25, 0.3) is 0 Å². The summed E-state index contributed by atoms with van der Waals surface area (Å²) >= 11 is 0. The third-order valence-corrected chi connectivity index (χ3v) is 2.84. The first kappa shape index (κ1) is 7.84. The zero-order valence-corrected chi connectivity index (χ0v) is 7.47. The van der Waals surface area contributed by atoms with Gasteiger partial charge in [0, 0.05) is 18.7 Å². The smallest absolute Gasteiger partial charge is 0.143 e. The van der Waals surface area contributed by atoms with Gasteiger partial charge in [0.15, 0.2) is 0 Å². The zero-order valence-electron chi connectivity index (χ0n) is 7.47. The predicted molar refractivity (Wildman–Crippen MR) is 47.6 cm³/mol. The Morgan fingerprint density at radius 2 is 2.42 bits per heavy atom. The van der Waals surface area contributed by atoms with Crippen molar-refractivity contribution in [1.82, 2.24) is 5.32 Å². The lowest BCUT2D eigenvalue weighted by molar-refractivity contribution is -0.123. The number of rotatable bonds is 0. The molecule has 12 heavy (non-hydrogen) atoms. The minimum absolute atomic E-state index is 0.211. The van der Waals surface area contributed by atoms with Crippen LogP contribution < -0.4 is 5.32 Å². The van der Waals surface area contributed by atoms with Crippen LogP contribution in [0.3, 0.4) is 0 Å². The third-order valence-electron chi connectivity index (χ3n) is 2.84. The van der Waals surface area contributed by atoms with Crippen molar-refractivity contribution in [1.29, 1.82) is 0 Å². The van der Waals surface area contributed by atoms with Gasteiger partial charge in [-0.05, 0) is 18.8 Å². The van der Waals surface area contributed by atoms with Crippen LogP contribution in [-0.4, -0.2) is 12.3 Å². The van der Waals surface area contributed by atoms with Gasteiger partial charge in [0.05, 0.1) is 5.92 Å². The fraction of sp³-hybridized carbons (Fsp3) is 0.700. The molecule has 0 aromatic rings. The van der Waals surface area contributed by atoms with Crippen molar-refractivity contribution in [2.45, 2.75) is 26.2 Å². The number of ketones is 1. The van der Waals surface area contributed by atoms with Crippen LogP contribution in [0.5, 0.6) is 0 Å². The molecule has 66 valence electrons. The fourth-order valence-electron chi connectivity index (χ4n) is 2.10. The fourth-order valence-corrected chi connectivity index (χ4v) is 2.10. The van der Waals surface area contributed by atoms with Gasteiger partial charge < -0.3 is 5.32 Å². The lowest BCUT2D eigenvalue weighted by Gasteiger charge is -2.31. The molecule has 0 radical (unpaired) electrons. The minimum Gasteiger partial charge on any atom is -0.388 e. The molecule has 0 amide bonds. The van der Waals surface area contributed by atoms with Gasteiger partial charge in [-0.2, -0.15) is 0 Å². The summed E-state index contributed by atoms with van der Waals surface area (Å²) in [5.41, 5.74) is 1.20. The summed E-state index contributed by atoms with van der Waals surface area (Å²) in [6, 6.07) is 0. The molecule has 2 aliphatic rings. The van der Waals surface area contributed by atoms with E-state index in [1.807, 2.05) is 0 Å². The van der Waals surface area contributed by atoms with Gasteiger partial charge in [-0.3, -0.25) is 4.79 Å². The highest BCUT2D eigenvalue weighted by Gasteiger charge is 2.30. The van der Waals surface area contributed by atoms with Crippen molar-refractivity contribution in [3.63, 3.8) is 0 Å². The lowest BCUT2D eigenvalue weighted by Crippen LogP contribution is -2.37. The van der Waals surface area contributed by atoms with Crippen LogP contribution in [0.15, 0.2) is 11.8 Å². The van der Waals surface area contributed by atoms with Crippen molar-refractivity contribution in [2.24, 2.45) is 11.8 Å². The standard InChI is InChI=1S/C10H15NO/c1-7-2-3-9-8(6-7)10(12)4-5-11-9/h3,7-8,11H,2,4-6H2,1H3. The monoisotopic (exact) mass is 165 g/mol. The van der Waals surface area contributed by atoms with E-state index < -0.39 is 0 Å². The first-order chi connectivity index (χ1) is 5.77. The Morgan fingerprint density at radius 1 is 1.58 bits per heavy atom. The molecule has 1 fully saturated rings. The van der Waals surface area contributed by atoms with E-state index >= 15 is 0 Å². The van der Waals surface area contributed by atoms with Crippen LogP contribution in [0.2, 0.25) is 0 Å². The van der Waals surface area contributed by atoms with E-state index in [9.17, 15) is 4.79 Å². The van der Waals surface area contributed by atoms with Crippen molar-refractivity contribution in [3.8, 4) is 0 Å². The SMILES string of the molecule is CC1CC=C2NCCC(=O)C2C1. The Balaban J connectivity index is 2.19. The minimum atomic E-state index is 0.211. The van der Waals surface area contributed by atoms with Gasteiger partial charge in [-0.1, -0.05) is 13.0 Å². The molecule has 1 aliphatic carbocycles. The normalized spacial score (nSPS) is 35.1. The van der Waals surface area contributed by atoms with Crippen molar-refractivity contribution >= 4 is 5.78 Å². The maximum Gasteiger partial charge on any atom is 0.143 e. The quantitative estimate of drug-likeness (QED) is 0.589. The molecule has 0 aromatic carbocycles. The third kappa shape index (κ3) is 1.26. The number of carbonyl (C=O) groups excluding carboxylic acids is 1. The maximum atomic E-state index is 11.5. The summed E-state index contributed by atoms with van der Waals surface area (Å²) in [6.07, 6.45) is 5.11. The number of allylic oxidation sites excluding steroid dienone is 2. The van der Waals surface area contributed by atoms with Gasteiger partial charge in [0.25, 0.3) is 0 Å². The van der Waals surface area contributed by atoms with Gasteiger partial charge in [-0.15, -0.1) is 0 Å². The van der Waals surface area contributed by atoms with Gasteiger partial charge >= 0.3 is 0 Å². The van der Waals surface area contributed by atoms with E-state index in [0.717, 1.165) is 19.4 Å². The highest BCUT2D eigenvalue weighted by molar-refractivity contribution is 5.85. The van der Waals surface area contributed by atoms with Crippen LogP contribution in [0.1, 0.15) is 26.2 Å². The molecule has 1 heterocycles. The molecular weight excluding hydrogens is 150 g/mol. The van der Waals surface area contributed by atoms with Crippen LogP contribution >= 0.6 is 0 Å². The molecule has 2 atom stereocenters. The summed E-state index contributed by atoms with van der Waals surface area (Å²) in [7, 11) is 0. The summed E-state index contributed by atoms with van der Waals surface area (Å²) in [5, 5.41) is 3.31. The molecule has 0 spiro atoms. The number of fused-ring (bicyclic) bond motifs is 1. The number of piperidine rings is 1. The largest absolute Gasteiger partial charge is 0.388 e. The number of hydrogen-bond acceptors (Lipinski definition) is 2. The van der Waals surface area contributed by atoms with Crippen molar-refractivity contribution in [2.75, 3.05) is 6.54 Å². The summed E-state index contributed by atoms with van der Waals surface area (Å²) in [4.78, 5) is 11.5. The Bertz CT molecular complexity index is 232. The molecule has 2 unspecified atom stereocenters. The molecule has 0 saturated carbocycles. The van der Waals surface area contributed by atoms with E-state index in [2.05, 4.69) is 18.3 Å². The highest BCUT2D eigenvalue weighted by atomic mass is 16.1. The molecule has 0 bridgehead atoms. The summed E-state index contributed by atoms with van der Waals surface area (Å²) in [6.45, 7) is 3.06. The van der Waals surface area contributed by atoms with Crippen molar-refractivity contribution < 1.29 is 4.79 Å². The number of hydrogen-bond donors (Lipinski definition) is 1. The van der Waals surface area contributed by atoms with Crippen molar-refractivity contribution in [3.05, 3.63) is 11.8 Å². The Labute approximate surface area is 73.0 Å². The first-order valence-electron chi connectivity index (χ1n) is 4.74. The van der Waals surface area contributed by atoms with E-state index in [4.69, 9.17) is 0 Å². The maximum absolute atomic E-state index is 11.5. The Morgan fingerprint density at radius 3 is 3.25 bits per heavy atom. The van der Waals surface area contributed by atoms with E-state index in [1.165, 1.54) is 5.70 Å². The average molecular weight is 165 g/mol. The number of nitrogens with one attached hydrogen (secondary N) is 1. The van der Waals surface area contributed by atoms with Gasteiger partial charge in [0.2, 0.25) is 0 Å². The Hall–Kier alpha value is -0.790. The molecule has 2 heteroatoms. The number of Topliss-reactive ketones (excluding diaryl/α,β-unsaturated/α-hetero) is 1. The second-order valence-corrected chi connectivity index (χ2v) is 3.93. The first-order valence-corrected chi connectivity index (χ1v) is 4.74. The summed E-state index contributed by atoms with van der Waals surface area (Å²) < 4.78 is 0. The van der Waals surface area contributed by atoms with E-state index in [-0.39, 0.29) is 5.92 Å². The highest BCUT2D eigenvalue weighted by Crippen LogP contribution is 2.30. The molecule has 1 aliphatic heterocycles. The second kappa shape index (κ2) is 2.92. The molecule has 2 nitrogen and oxygen atoms in total. The number of carbonyl (C=O) groups is 1. The topological polar surface area (TPSA) is 29.1 Å². The molecule has 1 saturated heterocycles. The summed E-state index contributed by atoms with van der Waals surface area (Å²) in [5.74, 6) is 1.33. The van der Waals surface area contributed by atoms with Gasteiger partial charge in [0.1, 0.15) is 5.78 Å². The van der Waals surface area contributed by atoms with Crippen LogP contribution in [0, 0.1) is 11.8 Å². The molecular formula is C10H15NO.